The average molecular weight is 169 g/mol. The average Bonchev–Trinajstić information content (AvgIpc) is 2.17. The maximum atomic E-state index is 3.89. The lowest BCUT2D eigenvalue weighted by atomic mass is 10.1. The van der Waals surface area contributed by atoms with Gasteiger partial charge >= 0.3 is 0 Å². The fourth-order valence-corrected chi connectivity index (χ4v) is 1.45. The highest BCUT2D eigenvalue weighted by Crippen LogP contribution is 2.21. The Labute approximate surface area is 77.7 Å². The summed E-state index contributed by atoms with van der Waals surface area (Å²) in [5, 5.41) is 2.47. The Balaban J connectivity index is 2.73. The van der Waals surface area contributed by atoms with E-state index in [1.54, 1.807) is 0 Å². The summed E-state index contributed by atoms with van der Waals surface area (Å²) in [5.74, 6) is 0. The number of benzene rings is 2. The quantitative estimate of drug-likeness (QED) is 0.579. The smallest absolute Gasteiger partial charge is 0.0628 e. The molecule has 64 valence electrons. The van der Waals surface area contributed by atoms with Crippen LogP contribution in [-0.4, -0.2) is 6.72 Å². The van der Waals surface area contributed by atoms with Crippen LogP contribution in [0, 0.1) is 6.92 Å². The van der Waals surface area contributed by atoms with E-state index in [1.165, 1.54) is 16.3 Å². The first kappa shape index (κ1) is 7.99. The molecule has 0 spiro atoms. The first-order chi connectivity index (χ1) is 6.29. The Morgan fingerprint density at radius 1 is 1.00 bits per heavy atom. The minimum atomic E-state index is 0.927. The molecule has 0 aliphatic heterocycles. The Morgan fingerprint density at radius 3 is 2.46 bits per heavy atom. The predicted octanol–water partition coefficient (Wildman–Crippen LogP) is 3.48. The van der Waals surface area contributed by atoms with Crippen LogP contribution < -0.4 is 0 Å². The summed E-state index contributed by atoms with van der Waals surface area (Å²) in [4.78, 5) is 3.89. The van der Waals surface area contributed by atoms with Gasteiger partial charge < -0.3 is 0 Å². The molecular weight excluding hydrogens is 158 g/mol. The molecule has 2 rings (SSSR count). The van der Waals surface area contributed by atoms with Crippen LogP contribution in [0.15, 0.2) is 41.4 Å². The Kier molecular flexibility index (Phi) is 1.85. The van der Waals surface area contributed by atoms with Crippen molar-refractivity contribution in [2.24, 2.45) is 4.99 Å². The number of fused-ring (bicyclic) bond motifs is 1. The van der Waals surface area contributed by atoms with E-state index in [-0.39, 0.29) is 0 Å². The second-order valence-electron chi connectivity index (χ2n) is 3.19. The summed E-state index contributed by atoms with van der Waals surface area (Å²) < 4.78 is 0. The first-order valence-corrected chi connectivity index (χ1v) is 4.27. The summed E-state index contributed by atoms with van der Waals surface area (Å²) in [7, 11) is 0. The monoisotopic (exact) mass is 169 g/mol. The lowest BCUT2D eigenvalue weighted by molar-refractivity contribution is 1.50. The lowest BCUT2D eigenvalue weighted by Gasteiger charge is -2.00. The van der Waals surface area contributed by atoms with Gasteiger partial charge in [0.05, 0.1) is 5.69 Å². The van der Waals surface area contributed by atoms with Gasteiger partial charge in [0.25, 0.3) is 0 Å². The fourth-order valence-electron chi connectivity index (χ4n) is 1.45. The number of nitrogens with zero attached hydrogens (tertiary/aromatic N) is 1. The van der Waals surface area contributed by atoms with Gasteiger partial charge in [0, 0.05) is 0 Å². The summed E-state index contributed by atoms with van der Waals surface area (Å²) >= 11 is 0. The van der Waals surface area contributed by atoms with Crippen LogP contribution in [0.5, 0.6) is 0 Å². The Bertz CT molecular complexity index is 458. The molecule has 0 bridgehead atoms. The van der Waals surface area contributed by atoms with Gasteiger partial charge in [0.15, 0.2) is 0 Å². The molecule has 1 nitrogen and oxygen atoms in total. The van der Waals surface area contributed by atoms with E-state index >= 15 is 0 Å². The van der Waals surface area contributed by atoms with Crippen molar-refractivity contribution in [3.05, 3.63) is 42.0 Å². The molecule has 2 aromatic rings. The van der Waals surface area contributed by atoms with Crippen molar-refractivity contribution in [3.8, 4) is 0 Å². The standard InChI is InChI=1S/C12H11N/c1-9-3-4-11-8-12(13-2)6-5-10(11)7-9/h3-8H,2H2,1H3. The maximum Gasteiger partial charge on any atom is 0.0628 e. The topological polar surface area (TPSA) is 12.4 Å². The van der Waals surface area contributed by atoms with Gasteiger partial charge in [0.1, 0.15) is 0 Å². The van der Waals surface area contributed by atoms with Crippen LogP contribution in [0.25, 0.3) is 10.8 Å². The predicted molar refractivity (Wildman–Crippen MR) is 57.9 cm³/mol. The maximum absolute atomic E-state index is 3.89. The minimum Gasteiger partial charge on any atom is -0.265 e. The lowest BCUT2D eigenvalue weighted by Crippen LogP contribution is -1.74. The largest absolute Gasteiger partial charge is 0.265 e. The van der Waals surface area contributed by atoms with Gasteiger partial charge in [-0.05, 0) is 36.5 Å². The molecule has 0 fully saturated rings. The van der Waals surface area contributed by atoms with Crippen molar-refractivity contribution in [3.63, 3.8) is 0 Å². The molecule has 0 aliphatic rings. The molecule has 0 saturated carbocycles. The van der Waals surface area contributed by atoms with Crippen molar-refractivity contribution in [2.45, 2.75) is 6.92 Å². The van der Waals surface area contributed by atoms with E-state index in [0.29, 0.717) is 0 Å². The molecule has 0 unspecified atom stereocenters. The van der Waals surface area contributed by atoms with Gasteiger partial charge in [0.2, 0.25) is 0 Å². The first-order valence-electron chi connectivity index (χ1n) is 4.27. The molecule has 0 N–H and O–H groups in total. The summed E-state index contributed by atoms with van der Waals surface area (Å²) in [6, 6.07) is 12.5. The summed E-state index contributed by atoms with van der Waals surface area (Å²) in [6.45, 7) is 5.60. The third kappa shape index (κ3) is 1.45. The Morgan fingerprint density at radius 2 is 1.69 bits per heavy atom. The van der Waals surface area contributed by atoms with Gasteiger partial charge in [-0.1, -0.05) is 29.8 Å². The molecule has 13 heavy (non-hydrogen) atoms. The summed E-state index contributed by atoms with van der Waals surface area (Å²) in [6.07, 6.45) is 0. The normalized spacial score (nSPS) is 10.2. The number of rotatable bonds is 1. The zero-order valence-electron chi connectivity index (χ0n) is 7.62. The molecular formula is C12H11N. The highest BCUT2D eigenvalue weighted by molar-refractivity contribution is 5.86. The second kappa shape index (κ2) is 3.02. The van der Waals surface area contributed by atoms with Crippen LogP contribution in [0.4, 0.5) is 5.69 Å². The minimum absolute atomic E-state index is 0.927. The van der Waals surface area contributed by atoms with Crippen molar-refractivity contribution in [1.82, 2.24) is 0 Å². The van der Waals surface area contributed by atoms with Crippen molar-refractivity contribution >= 4 is 23.2 Å². The highest BCUT2D eigenvalue weighted by atomic mass is 14.7. The number of aliphatic imine (C=N–C) groups is 1. The molecule has 0 aromatic heterocycles. The van der Waals surface area contributed by atoms with Crippen LogP contribution in [0.2, 0.25) is 0 Å². The van der Waals surface area contributed by atoms with E-state index in [9.17, 15) is 0 Å². The number of aryl methyl sites for hydroxylation is 1. The van der Waals surface area contributed by atoms with Gasteiger partial charge in [-0.2, -0.15) is 0 Å². The SMILES string of the molecule is C=Nc1ccc2cc(C)ccc2c1. The van der Waals surface area contributed by atoms with Crippen LogP contribution >= 0.6 is 0 Å². The zero-order chi connectivity index (χ0) is 9.26. The second-order valence-corrected chi connectivity index (χ2v) is 3.19. The van der Waals surface area contributed by atoms with Gasteiger partial charge in [-0.15, -0.1) is 0 Å². The van der Waals surface area contributed by atoms with E-state index in [4.69, 9.17) is 0 Å². The number of hydrogen-bond acceptors (Lipinski definition) is 1. The molecule has 0 amide bonds. The highest BCUT2D eigenvalue weighted by Gasteiger charge is 1.94. The molecule has 0 atom stereocenters. The van der Waals surface area contributed by atoms with E-state index in [2.05, 4.69) is 42.9 Å². The van der Waals surface area contributed by atoms with Crippen LogP contribution in [0.1, 0.15) is 5.56 Å². The Hall–Kier alpha value is -1.63. The molecule has 0 radical (unpaired) electrons. The van der Waals surface area contributed by atoms with Crippen LogP contribution in [0.3, 0.4) is 0 Å². The van der Waals surface area contributed by atoms with Gasteiger partial charge in [-0.25, -0.2) is 0 Å². The van der Waals surface area contributed by atoms with Crippen LogP contribution in [-0.2, 0) is 0 Å². The van der Waals surface area contributed by atoms with Crippen molar-refractivity contribution in [2.75, 3.05) is 0 Å². The molecule has 1 heteroatoms. The molecule has 0 heterocycles. The van der Waals surface area contributed by atoms with Crippen molar-refractivity contribution < 1.29 is 0 Å². The van der Waals surface area contributed by atoms with Gasteiger partial charge in [-0.3, -0.25) is 4.99 Å². The third-order valence-electron chi connectivity index (χ3n) is 2.16. The van der Waals surface area contributed by atoms with E-state index in [1.807, 2.05) is 12.1 Å². The fraction of sp³-hybridized carbons (Fsp3) is 0.0833. The van der Waals surface area contributed by atoms with Crippen molar-refractivity contribution in [1.29, 1.82) is 0 Å². The molecule has 0 aliphatic carbocycles. The molecule has 0 saturated heterocycles. The van der Waals surface area contributed by atoms with E-state index in [0.717, 1.165) is 5.69 Å². The third-order valence-corrected chi connectivity index (χ3v) is 2.16. The molecule has 2 aromatic carbocycles. The number of hydrogen-bond donors (Lipinski definition) is 0. The van der Waals surface area contributed by atoms with E-state index < -0.39 is 0 Å². The summed E-state index contributed by atoms with van der Waals surface area (Å²) in [5.41, 5.74) is 2.21. The zero-order valence-corrected chi connectivity index (χ0v) is 7.62.